The Morgan fingerprint density at radius 1 is 0.938 bits per heavy atom. The third-order valence-electron chi connectivity index (χ3n) is 6.79. The Bertz CT molecular complexity index is 654. The topological polar surface area (TPSA) is 46.1 Å². The molecule has 2 atom stereocenters. The highest BCUT2D eigenvalue weighted by Gasteiger charge is 2.26. The maximum atomic E-state index is 5.04. The van der Waals surface area contributed by atoms with Gasteiger partial charge in [0.05, 0.1) is 12.6 Å². The molecule has 2 heterocycles. The van der Waals surface area contributed by atoms with Crippen molar-refractivity contribution in [2.45, 2.75) is 45.7 Å². The fourth-order valence-electron chi connectivity index (χ4n) is 4.81. The number of halogens is 1. The number of nitrogens with zero attached hydrogens (tertiary/aromatic N) is 4. The minimum absolute atomic E-state index is 0. The molecule has 2 N–H and O–H groups in total. The van der Waals surface area contributed by atoms with Crippen molar-refractivity contribution in [1.82, 2.24) is 25.3 Å². The van der Waals surface area contributed by atoms with Crippen molar-refractivity contribution in [3.8, 4) is 0 Å². The zero-order chi connectivity index (χ0) is 22.1. The van der Waals surface area contributed by atoms with Crippen LogP contribution in [0, 0.1) is 5.92 Å². The molecule has 0 bridgehead atoms. The van der Waals surface area contributed by atoms with Crippen LogP contribution >= 0.6 is 24.0 Å². The minimum atomic E-state index is 0. The fourth-order valence-corrected chi connectivity index (χ4v) is 4.81. The van der Waals surface area contributed by atoms with Crippen LogP contribution in [0.1, 0.15) is 45.2 Å². The molecule has 7 heteroatoms. The Morgan fingerprint density at radius 3 is 2.19 bits per heavy atom. The molecular weight excluding hydrogens is 511 g/mol. The molecule has 2 unspecified atom stereocenters. The van der Waals surface area contributed by atoms with Crippen molar-refractivity contribution >= 4 is 29.9 Å². The molecule has 2 aliphatic heterocycles. The van der Waals surface area contributed by atoms with Crippen LogP contribution in [0.15, 0.2) is 35.3 Å². The van der Waals surface area contributed by atoms with E-state index < -0.39 is 0 Å². The Balaban J connectivity index is 0.00000363. The standard InChI is InChI=1S/C25H44N6.HI/c1-5-26-25(27-19-23(21(2)3)31-17-15-29(4)16-18-31)28-20-24(30-13-9-10-14-30)22-11-7-6-8-12-22;/h6-8,11-12,21,23-24H,5,9-10,13-20H2,1-4H3,(H2,26,27,28);1H. The van der Waals surface area contributed by atoms with Crippen LogP contribution in [0.3, 0.4) is 0 Å². The molecule has 0 spiro atoms. The van der Waals surface area contributed by atoms with Gasteiger partial charge in [-0.25, -0.2) is 0 Å². The van der Waals surface area contributed by atoms with Gasteiger partial charge < -0.3 is 15.5 Å². The van der Waals surface area contributed by atoms with Gasteiger partial charge in [-0.15, -0.1) is 24.0 Å². The average Bonchev–Trinajstić information content (AvgIpc) is 3.30. The van der Waals surface area contributed by atoms with Gasteiger partial charge in [0.1, 0.15) is 0 Å². The summed E-state index contributed by atoms with van der Waals surface area (Å²) in [6.07, 6.45) is 2.61. The van der Waals surface area contributed by atoms with Gasteiger partial charge in [0.25, 0.3) is 0 Å². The summed E-state index contributed by atoms with van der Waals surface area (Å²) in [5, 5.41) is 7.15. The van der Waals surface area contributed by atoms with Crippen molar-refractivity contribution in [3.63, 3.8) is 0 Å². The predicted molar refractivity (Wildman–Crippen MR) is 147 cm³/mol. The summed E-state index contributed by atoms with van der Waals surface area (Å²) in [6, 6.07) is 11.8. The maximum Gasteiger partial charge on any atom is 0.191 e. The number of benzene rings is 1. The SMILES string of the molecule is CCNC(=NCC(C(C)C)N1CCN(C)CC1)NCC(c1ccccc1)N1CCCC1.I. The van der Waals surface area contributed by atoms with Gasteiger partial charge in [-0.2, -0.15) is 0 Å². The molecule has 0 radical (unpaired) electrons. The second-order valence-corrected chi connectivity index (χ2v) is 9.42. The molecule has 182 valence electrons. The zero-order valence-electron chi connectivity index (χ0n) is 20.6. The molecule has 2 saturated heterocycles. The number of hydrogen-bond donors (Lipinski definition) is 2. The van der Waals surface area contributed by atoms with Gasteiger partial charge in [0.15, 0.2) is 5.96 Å². The smallest absolute Gasteiger partial charge is 0.191 e. The first-order chi connectivity index (χ1) is 15.1. The first-order valence-electron chi connectivity index (χ1n) is 12.3. The lowest BCUT2D eigenvalue weighted by Gasteiger charge is -2.39. The molecule has 32 heavy (non-hydrogen) atoms. The molecule has 2 aliphatic rings. The summed E-state index contributed by atoms with van der Waals surface area (Å²) in [4.78, 5) is 12.7. The number of likely N-dealkylation sites (tertiary alicyclic amines) is 1. The second-order valence-electron chi connectivity index (χ2n) is 9.42. The van der Waals surface area contributed by atoms with Crippen LogP contribution in [0.25, 0.3) is 0 Å². The average molecular weight is 557 g/mol. The van der Waals surface area contributed by atoms with Gasteiger partial charge in [-0.3, -0.25) is 14.8 Å². The third kappa shape index (κ3) is 8.15. The van der Waals surface area contributed by atoms with Crippen LogP contribution in [-0.2, 0) is 0 Å². The van der Waals surface area contributed by atoms with Crippen LogP contribution in [0.4, 0.5) is 0 Å². The Kier molecular flexibility index (Phi) is 12.3. The molecule has 0 amide bonds. The van der Waals surface area contributed by atoms with E-state index in [1.165, 1.54) is 31.5 Å². The largest absolute Gasteiger partial charge is 0.357 e. The second kappa shape index (κ2) is 14.4. The van der Waals surface area contributed by atoms with Gasteiger partial charge in [0, 0.05) is 45.3 Å². The molecule has 2 fully saturated rings. The third-order valence-corrected chi connectivity index (χ3v) is 6.79. The van der Waals surface area contributed by atoms with Gasteiger partial charge in [0.2, 0.25) is 0 Å². The van der Waals surface area contributed by atoms with E-state index in [9.17, 15) is 0 Å². The summed E-state index contributed by atoms with van der Waals surface area (Å²) in [5.74, 6) is 1.54. The summed E-state index contributed by atoms with van der Waals surface area (Å²) < 4.78 is 0. The van der Waals surface area contributed by atoms with E-state index in [-0.39, 0.29) is 24.0 Å². The van der Waals surface area contributed by atoms with E-state index in [1.807, 2.05) is 0 Å². The quantitative estimate of drug-likeness (QED) is 0.278. The summed E-state index contributed by atoms with van der Waals surface area (Å²) in [5.41, 5.74) is 1.39. The monoisotopic (exact) mass is 556 g/mol. The van der Waals surface area contributed by atoms with Crippen LogP contribution in [0.5, 0.6) is 0 Å². The number of piperazine rings is 1. The van der Waals surface area contributed by atoms with Crippen molar-refractivity contribution in [2.24, 2.45) is 10.9 Å². The zero-order valence-corrected chi connectivity index (χ0v) is 22.9. The molecular formula is C25H45IN6. The highest BCUT2D eigenvalue weighted by Crippen LogP contribution is 2.24. The maximum absolute atomic E-state index is 5.04. The first kappa shape index (κ1) is 27.3. The summed E-state index contributed by atoms with van der Waals surface area (Å²) in [6.45, 7) is 16.4. The molecule has 1 aromatic carbocycles. The number of hydrogen-bond acceptors (Lipinski definition) is 4. The van der Waals surface area contributed by atoms with E-state index in [0.29, 0.717) is 18.0 Å². The Labute approximate surface area is 213 Å². The van der Waals surface area contributed by atoms with Crippen molar-refractivity contribution in [1.29, 1.82) is 0 Å². The van der Waals surface area contributed by atoms with Gasteiger partial charge >= 0.3 is 0 Å². The van der Waals surface area contributed by atoms with Crippen molar-refractivity contribution in [2.75, 3.05) is 66.0 Å². The first-order valence-corrected chi connectivity index (χ1v) is 12.3. The van der Waals surface area contributed by atoms with Crippen molar-refractivity contribution in [3.05, 3.63) is 35.9 Å². The van der Waals surface area contributed by atoms with Crippen molar-refractivity contribution < 1.29 is 0 Å². The molecule has 6 nitrogen and oxygen atoms in total. The van der Waals surface area contributed by atoms with E-state index in [1.54, 1.807) is 0 Å². The van der Waals surface area contributed by atoms with E-state index >= 15 is 0 Å². The Hall–Kier alpha value is -0.900. The predicted octanol–water partition coefficient (Wildman–Crippen LogP) is 3.27. The summed E-state index contributed by atoms with van der Waals surface area (Å²) >= 11 is 0. The van der Waals surface area contributed by atoms with Gasteiger partial charge in [-0.05, 0) is 51.4 Å². The number of rotatable bonds is 9. The number of likely N-dealkylation sites (N-methyl/N-ethyl adjacent to an activating group) is 1. The molecule has 1 aromatic rings. The molecule has 0 aliphatic carbocycles. The summed E-state index contributed by atoms with van der Waals surface area (Å²) in [7, 11) is 2.22. The molecule has 0 aromatic heterocycles. The fraction of sp³-hybridized carbons (Fsp3) is 0.720. The highest BCUT2D eigenvalue weighted by atomic mass is 127. The number of aliphatic imine (C=N–C) groups is 1. The van der Waals surface area contributed by atoms with Crippen LogP contribution in [0.2, 0.25) is 0 Å². The van der Waals surface area contributed by atoms with E-state index in [4.69, 9.17) is 4.99 Å². The van der Waals surface area contributed by atoms with Gasteiger partial charge in [-0.1, -0.05) is 44.2 Å². The lowest BCUT2D eigenvalue weighted by atomic mass is 10.0. The van der Waals surface area contributed by atoms with E-state index in [2.05, 4.69) is 83.5 Å². The normalized spacial score (nSPS) is 20.7. The highest BCUT2D eigenvalue weighted by molar-refractivity contribution is 14.0. The lowest BCUT2D eigenvalue weighted by molar-refractivity contribution is 0.0925. The minimum Gasteiger partial charge on any atom is -0.357 e. The van der Waals surface area contributed by atoms with Crippen LogP contribution < -0.4 is 10.6 Å². The molecule has 3 rings (SSSR count). The van der Waals surface area contributed by atoms with Crippen LogP contribution in [-0.4, -0.2) is 92.7 Å². The number of nitrogens with one attached hydrogen (secondary N) is 2. The lowest BCUT2D eigenvalue weighted by Crippen LogP contribution is -2.52. The number of guanidine groups is 1. The van der Waals surface area contributed by atoms with E-state index in [0.717, 1.165) is 51.8 Å². The Morgan fingerprint density at radius 2 is 1.59 bits per heavy atom. The molecule has 0 saturated carbocycles.